The maximum absolute atomic E-state index is 12.7. The zero-order valence-corrected chi connectivity index (χ0v) is 17.5. The van der Waals surface area contributed by atoms with E-state index in [1.165, 1.54) is 5.56 Å². The quantitative estimate of drug-likeness (QED) is 0.694. The highest BCUT2D eigenvalue weighted by atomic mass is 16.5. The lowest BCUT2D eigenvalue weighted by Crippen LogP contribution is -2.22. The average Bonchev–Trinajstić information content (AvgIpc) is 3.35. The van der Waals surface area contributed by atoms with Crippen LogP contribution in [0, 0.1) is 6.92 Å². The molecule has 154 valence electrons. The molecule has 0 spiro atoms. The topological polar surface area (TPSA) is 71.9 Å². The van der Waals surface area contributed by atoms with Crippen molar-refractivity contribution in [2.45, 2.75) is 39.2 Å². The molecule has 1 fully saturated rings. The van der Waals surface area contributed by atoms with E-state index in [9.17, 15) is 4.79 Å². The Bertz CT molecular complexity index is 1060. The van der Waals surface area contributed by atoms with Crippen molar-refractivity contribution in [3.63, 3.8) is 0 Å². The van der Waals surface area contributed by atoms with Crippen molar-refractivity contribution in [1.82, 2.24) is 19.5 Å². The molecule has 1 saturated heterocycles. The number of benzene rings is 1. The van der Waals surface area contributed by atoms with Crippen molar-refractivity contribution in [3.05, 3.63) is 57.1 Å². The van der Waals surface area contributed by atoms with Gasteiger partial charge in [0, 0.05) is 48.1 Å². The van der Waals surface area contributed by atoms with Crippen LogP contribution in [-0.2, 0) is 13.0 Å². The van der Waals surface area contributed by atoms with E-state index in [0.717, 1.165) is 54.5 Å². The summed E-state index contributed by atoms with van der Waals surface area (Å²) in [6, 6.07) is 8.02. The van der Waals surface area contributed by atoms with Gasteiger partial charge in [0.1, 0.15) is 11.5 Å². The van der Waals surface area contributed by atoms with Crippen LogP contribution in [0.2, 0.25) is 0 Å². The molecule has 1 aromatic carbocycles. The summed E-state index contributed by atoms with van der Waals surface area (Å²) in [4.78, 5) is 19.7. The molecule has 4 rings (SSSR count). The molecule has 0 aliphatic carbocycles. The standard InChI is InChI=1S/C22H28N4O3/c1-5-19-14(2)23-21-11-20(24-26(21)22(19)27)16-6-7-25(13-16)12-15-8-17(28-3)10-18(9-15)29-4/h8-11,16,24H,5-7,12-13H2,1-4H3. The first kappa shape index (κ1) is 19.5. The van der Waals surface area contributed by atoms with Gasteiger partial charge in [-0.3, -0.25) is 14.8 Å². The van der Waals surface area contributed by atoms with Gasteiger partial charge in [-0.2, -0.15) is 0 Å². The Morgan fingerprint density at radius 1 is 1.17 bits per heavy atom. The van der Waals surface area contributed by atoms with E-state index in [1.807, 2.05) is 26.0 Å². The van der Waals surface area contributed by atoms with Crippen LogP contribution in [0.25, 0.3) is 5.65 Å². The number of aryl methyl sites for hydroxylation is 1. The second-order valence-corrected chi connectivity index (χ2v) is 7.68. The van der Waals surface area contributed by atoms with Crippen LogP contribution in [-0.4, -0.2) is 46.8 Å². The fraction of sp³-hybridized carbons (Fsp3) is 0.455. The van der Waals surface area contributed by atoms with Crippen molar-refractivity contribution in [2.24, 2.45) is 0 Å². The summed E-state index contributed by atoms with van der Waals surface area (Å²) in [5, 5.41) is 3.30. The number of likely N-dealkylation sites (tertiary alicyclic amines) is 1. The maximum Gasteiger partial charge on any atom is 0.276 e. The van der Waals surface area contributed by atoms with Crippen LogP contribution in [0.1, 0.15) is 41.8 Å². The number of nitrogens with zero attached hydrogens (tertiary/aromatic N) is 3. The molecule has 0 radical (unpaired) electrons. The SMILES string of the molecule is CCc1c(C)nc2cc(C3CCN(Cc4cc(OC)cc(OC)c4)C3)[nH]n2c1=O. The number of nitrogens with one attached hydrogen (secondary N) is 1. The normalized spacial score (nSPS) is 17.2. The minimum absolute atomic E-state index is 0.0135. The minimum atomic E-state index is 0.0135. The van der Waals surface area contributed by atoms with E-state index < -0.39 is 0 Å². The van der Waals surface area contributed by atoms with Crippen molar-refractivity contribution >= 4 is 5.65 Å². The molecule has 1 N–H and O–H groups in total. The van der Waals surface area contributed by atoms with Crippen LogP contribution in [0.5, 0.6) is 11.5 Å². The minimum Gasteiger partial charge on any atom is -0.497 e. The Balaban J connectivity index is 1.53. The molecule has 3 heterocycles. The van der Waals surface area contributed by atoms with Crippen LogP contribution in [0.3, 0.4) is 0 Å². The van der Waals surface area contributed by atoms with Gasteiger partial charge in [0.25, 0.3) is 5.56 Å². The number of H-pyrrole nitrogens is 1. The molecule has 0 bridgehead atoms. The zero-order valence-electron chi connectivity index (χ0n) is 17.5. The van der Waals surface area contributed by atoms with E-state index in [0.29, 0.717) is 18.0 Å². The molecule has 7 heteroatoms. The van der Waals surface area contributed by atoms with Crippen molar-refractivity contribution in [1.29, 1.82) is 0 Å². The Labute approximate surface area is 170 Å². The number of hydrogen-bond donors (Lipinski definition) is 1. The Hall–Kier alpha value is -2.80. The summed E-state index contributed by atoms with van der Waals surface area (Å²) in [6.07, 6.45) is 1.73. The second-order valence-electron chi connectivity index (χ2n) is 7.68. The molecule has 2 aromatic heterocycles. The molecule has 3 aromatic rings. The molecule has 1 atom stereocenters. The fourth-order valence-corrected chi connectivity index (χ4v) is 4.25. The fourth-order valence-electron chi connectivity index (χ4n) is 4.25. The lowest BCUT2D eigenvalue weighted by Gasteiger charge is -2.17. The highest BCUT2D eigenvalue weighted by molar-refractivity contribution is 5.43. The number of ether oxygens (including phenoxy) is 2. The number of methoxy groups -OCH3 is 2. The van der Waals surface area contributed by atoms with Crippen molar-refractivity contribution in [3.8, 4) is 11.5 Å². The first-order valence-electron chi connectivity index (χ1n) is 10.1. The smallest absolute Gasteiger partial charge is 0.276 e. The lowest BCUT2D eigenvalue weighted by molar-refractivity contribution is 0.323. The molecule has 0 amide bonds. The Morgan fingerprint density at radius 2 is 1.90 bits per heavy atom. The van der Waals surface area contributed by atoms with Gasteiger partial charge in [-0.1, -0.05) is 6.92 Å². The summed E-state index contributed by atoms with van der Waals surface area (Å²) < 4.78 is 12.4. The Kier molecular flexibility index (Phi) is 5.32. The van der Waals surface area contributed by atoms with Gasteiger partial charge in [-0.25, -0.2) is 9.50 Å². The monoisotopic (exact) mass is 396 g/mol. The third kappa shape index (κ3) is 3.74. The molecule has 29 heavy (non-hydrogen) atoms. The van der Waals surface area contributed by atoms with Gasteiger partial charge in [-0.05, 0) is 44.0 Å². The van der Waals surface area contributed by atoms with Crippen molar-refractivity contribution < 1.29 is 9.47 Å². The Morgan fingerprint density at radius 3 is 2.55 bits per heavy atom. The van der Waals surface area contributed by atoms with E-state index in [1.54, 1.807) is 18.7 Å². The third-order valence-electron chi connectivity index (χ3n) is 5.82. The van der Waals surface area contributed by atoms with Gasteiger partial charge in [0.2, 0.25) is 0 Å². The van der Waals surface area contributed by atoms with E-state index in [-0.39, 0.29) is 5.56 Å². The zero-order chi connectivity index (χ0) is 20.5. The highest BCUT2D eigenvalue weighted by Gasteiger charge is 2.26. The largest absolute Gasteiger partial charge is 0.497 e. The number of aromatic amines is 1. The first-order chi connectivity index (χ1) is 14.0. The molecular formula is C22H28N4O3. The van der Waals surface area contributed by atoms with Gasteiger partial charge in [-0.15, -0.1) is 0 Å². The van der Waals surface area contributed by atoms with Gasteiger partial charge < -0.3 is 9.47 Å². The van der Waals surface area contributed by atoms with Crippen LogP contribution >= 0.6 is 0 Å². The summed E-state index contributed by atoms with van der Waals surface area (Å²) in [5.74, 6) is 1.96. The van der Waals surface area contributed by atoms with E-state index in [2.05, 4.69) is 27.1 Å². The van der Waals surface area contributed by atoms with Gasteiger partial charge in [0.15, 0.2) is 5.65 Å². The maximum atomic E-state index is 12.7. The first-order valence-corrected chi connectivity index (χ1v) is 10.1. The molecular weight excluding hydrogens is 368 g/mol. The van der Waals surface area contributed by atoms with E-state index >= 15 is 0 Å². The van der Waals surface area contributed by atoms with Gasteiger partial charge >= 0.3 is 0 Å². The van der Waals surface area contributed by atoms with Crippen LogP contribution < -0.4 is 15.0 Å². The average molecular weight is 396 g/mol. The number of rotatable bonds is 6. The summed E-state index contributed by atoms with van der Waals surface area (Å²) >= 11 is 0. The summed E-state index contributed by atoms with van der Waals surface area (Å²) in [7, 11) is 3.34. The van der Waals surface area contributed by atoms with E-state index in [4.69, 9.17) is 9.47 Å². The number of aromatic nitrogens is 3. The predicted octanol–water partition coefficient (Wildman–Crippen LogP) is 2.90. The highest BCUT2D eigenvalue weighted by Crippen LogP contribution is 2.29. The molecule has 1 aliphatic rings. The molecule has 7 nitrogen and oxygen atoms in total. The van der Waals surface area contributed by atoms with Crippen molar-refractivity contribution in [2.75, 3.05) is 27.3 Å². The van der Waals surface area contributed by atoms with Crippen LogP contribution in [0.4, 0.5) is 0 Å². The number of hydrogen-bond acceptors (Lipinski definition) is 5. The lowest BCUT2D eigenvalue weighted by atomic mass is 10.1. The summed E-state index contributed by atoms with van der Waals surface area (Å²) in [6.45, 7) is 6.67. The third-order valence-corrected chi connectivity index (χ3v) is 5.82. The molecule has 1 aliphatic heterocycles. The predicted molar refractivity (Wildman–Crippen MR) is 112 cm³/mol. The summed E-state index contributed by atoms with van der Waals surface area (Å²) in [5.41, 5.74) is 4.56. The molecule has 1 unspecified atom stereocenters. The molecule has 0 saturated carbocycles. The number of fused-ring (bicyclic) bond motifs is 1. The van der Waals surface area contributed by atoms with Crippen LogP contribution in [0.15, 0.2) is 29.1 Å². The second kappa shape index (κ2) is 7.91. The van der Waals surface area contributed by atoms with Gasteiger partial charge in [0.05, 0.1) is 14.2 Å².